The molecule has 1 aliphatic heterocycles. The van der Waals surface area contributed by atoms with Gasteiger partial charge in [-0.2, -0.15) is 0 Å². The van der Waals surface area contributed by atoms with E-state index in [-0.39, 0.29) is 5.91 Å². The van der Waals surface area contributed by atoms with Crippen molar-refractivity contribution in [1.29, 1.82) is 0 Å². The Kier molecular flexibility index (Phi) is 7.19. The van der Waals surface area contributed by atoms with Crippen molar-refractivity contribution in [3.05, 3.63) is 12.7 Å². The Bertz CT molecular complexity index is 313. The summed E-state index contributed by atoms with van der Waals surface area (Å²) in [6, 6.07) is 0.183. The lowest BCUT2D eigenvalue weighted by Gasteiger charge is -2.36. The average molecular weight is 282 g/mol. The van der Waals surface area contributed by atoms with Gasteiger partial charge in [-0.3, -0.25) is 4.79 Å². The minimum atomic E-state index is -0.453. The predicted molar refractivity (Wildman–Crippen MR) is 83.6 cm³/mol. The first-order valence-corrected chi connectivity index (χ1v) is 7.46. The second-order valence-electron chi connectivity index (χ2n) is 5.91. The first-order valence-electron chi connectivity index (χ1n) is 7.46. The molecule has 0 bridgehead atoms. The third-order valence-corrected chi connectivity index (χ3v) is 4.21. The number of piperidine rings is 1. The van der Waals surface area contributed by atoms with E-state index >= 15 is 0 Å². The van der Waals surface area contributed by atoms with Crippen LogP contribution in [0, 0.1) is 0 Å². The first kappa shape index (κ1) is 17.1. The smallest absolute Gasteiger partial charge is 0.239 e. The number of hydrogen-bond donors (Lipinski definition) is 1. The minimum absolute atomic E-state index is 0.00155. The van der Waals surface area contributed by atoms with E-state index in [0.29, 0.717) is 12.5 Å². The van der Waals surface area contributed by atoms with Crippen molar-refractivity contribution in [2.45, 2.75) is 31.3 Å². The van der Waals surface area contributed by atoms with E-state index in [4.69, 9.17) is 5.73 Å². The molecular weight excluding hydrogens is 252 g/mol. The fourth-order valence-corrected chi connectivity index (χ4v) is 2.60. The zero-order valence-electron chi connectivity index (χ0n) is 13.2. The van der Waals surface area contributed by atoms with Crippen LogP contribution in [0.3, 0.4) is 0 Å². The van der Waals surface area contributed by atoms with Gasteiger partial charge in [0.1, 0.15) is 0 Å². The van der Waals surface area contributed by atoms with Gasteiger partial charge in [-0.25, -0.2) is 0 Å². The number of likely N-dealkylation sites (N-methyl/N-ethyl adjacent to an activating group) is 2. The van der Waals surface area contributed by atoms with Gasteiger partial charge >= 0.3 is 0 Å². The van der Waals surface area contributed by atoms with Crippen LogP contribution in [0.25, 0.3) is 0 Å². The Hall–Kier alpha value is -0.910. The lowest BCUT2D eigenvalue weighted by atomic mass is 10.0. The molecule has 0 aromatic carbocycles. The van der Waals surface area contributed by atoms with Gasteiger partial charge in [0.25, 0.3) is 0 Å². The zero-order valence-corrected chi connectivity index (χ0v) is 13.2. The molecule has 0 radical (unpaired) electrons. The first-order chi connectivity index (χ1) is 9.45. The van der Waals surface area contributed by atoms with Gasteiger partial charge in [-0.15, -0.1) is 6.58 Å². The van der Waals surface area contributed by atoms with Gasteiger partial charge in [0, 0.05) is 26.2 Å². The van der Waals surface area contributed by atoms with Crippen LogP contribution in [0.5, 0.6) is 0 Å². The summed E-state index contributed by atoms with van der Waals surface area (Å²) in [6.45, 7) is 7.57. The highest BCUT2D eigenvalue weighted by atomic mass is 16.2. The van der Waals surface area contributed by atoms with Gasteiger partial charge in [0.2, 0.25) is 5.91 Å². The van der Waals surface area contributed by atoms with Gasteiger partial charge in [-0.05, 0) is 46.4 Å². The number of hydrogen-bond acceptors (Lipinski definition) is 4. The summed E-state index contributed by atoms with van der Waals surface area (Å²) in [6.07, 6.45) is 4.65. The van der Waals surface area contributed by atoms with Crippen molar-refractivity contribution < 1.29 is 4.79 Å². The minimum Gasteiger partial charge on any atom is -0.343 e. The van der Waals surface area contributed by atoms with Crippen molar-refractivity contribution in [2.24, 2.45) is 5.73 Å². The Morgan fingerprint density at radius 2 is 2.00 bits per heavy atom. The van der Waals surface area contributed by atoms with Crippen LogP contribution in [0.4, 0.5) is 0 Å². The molecule has 1 fully saturated rings. The summed E-state index contributed by atoms with van der Waals surface area (Å²) >= 11 is 0. The molecule has 0 aromatic heterocycles. The Morgan fingerprint density at radius 1 is 1.40 bits per heavy atom. The van der Waals surface area contributed by atoms with E-state index in [0.717, 1.165) is 26.2 Å². The third kappa shape index (κ3) is 5.23. The molecule has 0 aliphatic carbocycles. The molecule has 2 N–H and O–H groups in total. The number of nitrogens with two attached hydrogens (primary N) is 1. The molecule has 0 spiro atoms. The summed E-state index contributed by atoms with van der Waals surface area (Å²) in [5, 5.41) is 0. The molecule has 116 valence electrons. The van der Waals surface area contributed by atoms with Crippen LogP contribution in [0.1, 0.15) is 19.3 Å². The van der Waals surface area contributed by atoms with Gasteiger partial charge in [0.15, 0.2) is 0 Å². The predicted octanol–water partition coefficient (Wildman–Crippen LogP) is 0.374. The molecule has 1 unspecified atom stereocenters. The van der Waals surface area contributed by atoms with Crippen molar-refractivity contribution in [2.75, 3.05) is 47.3 Å². The maximum absolute atomic E-state index is 12.0. The normalized spacial score (nSPS) is 19.1. The number of carbonyl (C=O) groups is 1. The topological polar surface area (TPSA) is 52.8 Å². The van der Waals surface area contributed by atoms with Crippen LogP contribution in [0.15, 0.2) is 12.7 Å². The molecular formula is C15H30N4O. The lowest BCUT2D eigenvalue weighted by Crippen LogP contribution is -2.47. The Labute approximate surface area is 123 Å². The lowest BCUT2D eigenvalue weighted by molar-refractivity contribution is -0.131. The molecule has 1 aliphatic rings. The van der Waals surface area contributed by atoms with Crippen LogP contribution >= 0.6 is 0 Å². The second-order valence-corrected chi connectivity index (χ2v) is 5.91. The maximum atomic E-state index is 12.0. The molecule has 1 heterocycles. The summed E-state index contributed by atoms with van der Waals surface area (Å²) < 4.78 is 0. The highest BCUT2D eigenvalue weighted by Crippen LogP contribution is 2.13. The van der Waals surface area contributed by atoms with E-state index in [2.05, 4.69) is 30.5 Å². The SMILES string of the molecule is C=CCC(N)C(=O)N(C)CCN(C)C1CCN(C)CC1. The number of rotatable bonds is 7. The van der Waals surface area contributed by atoms with Crippen LogP contribution in [0.2, 0.25) is 0 Å². The van der Waals surface area contributed by atoms with Crippen molar-refractivity contribution in [1.82, 2.24) is 14.7 Å². The quantitative estimate of drug-likeness (QED) is 0.686. The number of amides is 1. The highest BCUT2D eigenvalue weighted by molar-refractivity contribution is 5.81. The monoisotopic (exact) mass is 282 g/mol. The maximum Gasteiger partial charge on any atom is 0.239 e. The van der Waals surface area contributed by atoms with E-state index < -0.39 is 6.04 Å². The van der Waals surface area contributed by atoms with Gasteiger partial charge in [0.05, 0.1) is 6.04 Å². The molecule has 0 aromatic rings. The molecule has 1 rings (SSSR count). The second kappa shape index (κ2) is 8.39. The van der Waals surface area contributed by atoms with Crippen LogP contribution in [-0.2, 0) is 4.79 Å². The van der Waals surface area contributed by atoms with Crippen molar-refractivity contribution >= 4 is 5.91 Å². The molecule has 0 saturated carbocycles. The van der Waals surface area contributed by atoms with Gasteiger partial charge < -0.3 is 20.4 Å². The Morgan fingerprint density at radius 3 is 2.55 bits per heavy atom. The summed E-state index contributed by atoms with van der Waals surface area (Å²) in [5.74, 6) is 0.00155. The Balaban J connectivity index is 2.31. The van der Waals surface area contributed by atoms with E-state index in [1.807, 2.05) is 7.05 Å². The largest absolute Gasteiger partial charge is 0.343 e. The molecule has 20 heavy (non-hydrogen) atoms. The number of carbonyl (C=O) groups excluding carboxylic acids is 1. The molecule has 1 saturated heterocycles. The van der Waals surface area contributed by atoms with E-state index in [1.165, 1.54) is 12.8 Å². The van der Waals surface area contributed by atoms with Crippen molar-refractivity contribution in [3.63, 3.8) is 0 Å². The third-order valence-electron chi connectivity index (χ3n) is 4.21. The van der Waals surface area contributed by atoms with Crippen LogP contribution in [-0.4, -0.2) is 80.0 Å². The summed E-state index contributed by atoms with van der Waals surface area (Å²) in [4.78, 5) is 18.5. The van der Waals surface area contributed by atoms with E-state index in [9.17, 15) is 4.79 Å². The molecule has 1 amide bonds. The van der Waals surface area contributed by atoms with Gasteiger partial charge in [-0.1, -0.05) is 6.08 Å². The standard InChI is InChI=1S/C15H30N4O/c1-5-6-14(16)15(20)19(4)12-11-18(3)13-7-9-17(2)10-8-13/h5,13-14H,1,6-12,16H2,2-4H3. The fourth-order valence-electron chi connectivity index (χ4n) is 2.60. The summed E-state index contributed by atoms with van der Waals surface area (Å²) in [5.41, 5.74) is 5.81. The number of nitrogens with zero attached hydrogens (tertiary/aromatic N) is 3. The fraction of sp³-hybridized carbons (Fsp3) is 0.800. The van der Waals surface area contributed by atoms with E-state index in [1.54, 1.807) is 11.0 Å². The average Bonchev–Trinajstić information content (AvgIpc) is 2.44. The molecule has 5 nitrogen and oxygen atoms in total. The number of likely N-dealkylation sites (tertiary alicyclic amines) is 1. The zero-order chi connectivity index (χ0) is 15.1. The molecule has 5 heteroatoms. The molecule has 1 atom stereocenters. The van der Waals surface area contributed by atoms with Crippen molar-refractivity contribution in [3.8, 4) is 0 Å². The highest BCUT2D eigenvalue weighted by Gasteiger charge is 2.22. The summed E-state index contributed by atoms with van der Waals surface area (Å²) in [7, 11) is 6.15. The van der Waals surface area contributed by atoms with Crippen LogP contribution < -0.4 is 5.73 Å².